The normalized spacial score (nSPS) is 33.5. The number of thiophene rings is 1. The molecule has 0 spiro atoms. The Morgan fingerprint density at radius 2 is 2.20 bits per heavy atom. The molecular weight excluding hydrogens is 272 g/mol. The highest BCUT2D eigenvalue weighted by Crippen LogP contribution is 2.49. The zero-order valence-electron chi connectivity index (χ0n) is 8.41. The Bertz CT molecular complexity index is 398. The molecule has 2 aliphatic rings. The van der Waals surface area contributed by atoms with Crippen molar-refractivity contribution in [2.45, 2.75) is 25.7 Å². The number of carbonyl (C=O) groups is 1. The van der Waals surface area contributed by atoms with Gasteiger partial charge in [0.05, 0.1) is 8.66 Å². The summed E-state index contributed by atoms with van der Waals surface area (Å²) in [7, 11) is 0. The molecule has 3 atom stereocenters. The van der Waals surface area contributed by atoms with Crippen LogP contribution in [0.15, 0.2) is 15.9 Å². The Balaban J connectivity index is 1.81. The van der Waals surface area contributed by atoms with Gasteiger partial charge in [-0.05, 0) is 59.2 Å². The lowest BCUT2D eigenvalue weighted by Crippen LogP contribution is -2.20. The minimum atomic E-state index is 0.342. The van der Waals surface area contributed by atoms with Gasteiger partial charge in [-0.15, -0.1) is 11.3 Å². The van der Waals surface area contributed by atoms with Crippen molar-refractivity contribution in [2.75, 3.05) is 0 Å². The minimum absolute atomic E-state index is 0.342. The molecule has 80 valence electrons. The third-order valence-electron chi connectivity index (χ3n) is 3.89. The van der Waals surface area contributed by atoms with Gasteiger partial charge in [0.25, 0.3) is 0 Å². The Morgan fingerprint density at radius 3 is 2.73 bits per heavy atom. The maximum atomic E-state index is 12.2. The van der Waals surface area contributed by atoms with Crippen molar-refractivity contribution in [1.82, 2.24) is 0 Å². The van der Waals surface area contributed by atoms with E-state index in [-0.39, 0.29) is 0 Å². The Morgan fingerprint density at radius 1 is 1.33 bits per heavy atom. The summed E-state index contributed by atoms with van der Waals surface area (Å²) < 4.78 is 1.06. The Kier molecular flexibility index (Phi) is 2.48. The molecule has 15 heavy (non-hydrogen) atoms. The van der Waals surface area contributed by atoms with Crippen LogP contribution in [0.4, 0.5) is 0 Å². The molecule has 2 fully saturated rings. The first-order valence-corrected chi connectivity index (χ1v) is 7.14. The van der Waals surface area contributed by atoms with Crippen LogP contribution in [-0.4, -0.2) is 5.78 Å². The summed E-state index contributed by atoms with van der Waals surface area (Å²) in [4.78, 5) is 13.2. The van der Waals surface area contributed by atoms with Crippen molar-refractivity contribution >= 4 is 33.0 Å². The van der Waals surface area contributed by atoms with Gasteiger partial charge >= 0.3 is 0 Å². The standard InChI is InChI=1S/C12H13BrOS/c13-11-4-3-10(15-11)12(14)9-6-7-1-2-8(9)5-7/h3-4,7-9H,1-2,5-6H2. The summed E-state index contributed by atoms with van der Waals surface area (Å²) in [6.07, 6.45) is 5.11. The van der Waals surface area contributed by atoms with E-state index in [1.54, 1.807) is 11.3 Å². The van der Waals surface area contributed by atoms with Gasteiger partial charge in [-0.1, -0.05) is 6.42 Å². The van der Waals surface area contributed by atoms with E-state index < -0.39 is 0 Å². The molecule has 1 aromatic rings. The van der Waals surface area contributed by atoms with Crippen LogP contribution in [0.2, 0.25) is 0 Å². The first-order valence-electron chi connectivity index (χ1n) is 5.53. The van der Waals surface area contributed by atoms with Crippen LogP contribution in [-0.2, 0) is 0 Å². The highest BCUT2D eigenvalue weighted by atomic mass is 79.9. The van der Waals surface area contributed by atoms with E-state index in [1.807, 2.05) is 12.1 Å². The molecule has 1 aromatic heterocycles. The largest absolute Gasteiger partial charge is 0.293 e. The van der Waals surface area contributed by atoms with Crippen molar-refractivity contribution < 1.29 is 4.79 Å². The van der Waals surface area contributed by atoms with Crippen LogP contribution in [0, 0.1) is 17.8 Å². The zero-order chi connectivity index (χ0) is 10.4. The molecule has 2 saturated carbocycles. The molecule has 2 aliphatic carbocycles. The topological polar surface area (TPSA) is 17.1 Å². The molecule has 0 aromatic carbocycles. The van der Waals surface area contributed by atoms with Crippen LogP contribution >= 0.6 is 27.3 Å². The van der Waals surface area contributed by atoms with Crippen molar-refractivity contribution in [2.24, 2.45) is 17.8 Å². The summed E-state index contributed by atoms with van der Waals surface area (Å²) >= 11 is 4.99. The summed E-state index contributed by atoms with van der Waals surface area (Å²) in [5.74, 6) is 2.29. The van der Waals surface area contributed by atoms with E-state index in [2.05, 4.69) is 15.9 Å². The third-order valence-corrected chi connectivity index (χ3v) is 5.53. The first kappa shape index (κ1) is 10.0. The second kappa shape index (κ2) is 3.70. The summed E-state index contributed by atoms with van der Waals surface area (Å²) in [5.41, 5.74) is 0. The molecule has 0 amide bonds. The van der Waals surface area contributed by atoms with E-state index >= 15 is 0 Å². The molecule has 0 aliphatic heterocycles. The maximum Gasteiger partial charge on any atom is 0.176 e. The van der Waals surface area contributed by atoms with Gasteiger partial charge in [0.15, 0.2) is 5.78 Å². The predicted molar refractivity (Wildman–Crippen MR) is 65.3 cm³/mol. The second-order valence-electron chi connectivity index (χ2n) is 4.75. The number of hydrogen-bond acceptors (Lipinski definition) is 2. The molecule has 1 heterocycles. The molecule has 2 bridgehead atoms. The Hall–Kier alpha value is -0.150. The highest BCUT2D eigenvalue weighted by Gasteiger charge is 2.43. The lowest BCUT2D eigenvalue weighted by atomic mass is 9.85. The number of Topliss-reactive ketones (excluding diaryl/α,β-unsaturated/α-hetero) is 1. The molecule has 3 rings (SSSR count). The van der Waals surface area contributed by atoms with E-state index in [9.17, 15) is 4.79 Å². The molecule has 0 N–H and O–H groups in total. The van der Waals surface area contributed by atoms with Gasteiger partial charge in [-0.2, -0.15) is 0 Å². The van der Waals surface area contributed by atoms with E-state index in [0.717, 1.165) is 21.0 Å². The molecule has 3 unspecified atom stereocenters. The second-order valence-corrected chi connectivity index (χ2v) is 7.21. The van der Waals surface area contributed by atoms with Crippen molar-refractivity contribution in [3.05, 3.63) is 20.8 Å². The maximum absolute atomic E-state index is 12.2. The van der Waals surface area contributed by atoms with Crippen molar-refractivity contribution in [3.63, 3.8) is 0 Å². The van der Waals surface area contributed by atoms with Crippen LogP contribution in [0.5, 0.6) is 0 Å². The van der Waals surface area contributed by atoms with Gasteiger partial charge < -0.3 is 0 Å². The summed E-state index contributed by atoms with van der Waals surface area (Å²) in [5, 5.41) is 0. The molecular formula is C12H13BrOS. The quantitative estimate of drug-likeness (QED) is 0.747. The molecule has 3 heteroatoms. The van der Waals surface area contributed by atoms with Crippen LogP contribution in [0.25, 0.3) is 0 Å². The fraction of sp³-hybridized carbons (Fsp3) is 0.583. The monoisotopic (exact) mass is 284 g/mol. The van der Waals surface area contributed by atoms with E-state index in [0.29, 0.717) is 17.6 Å². The van der Waals surface area contributed by atoms with Crippen LogP contribution in [0.3, 0.4) is 0 Å². The number of ketones is 1. The average molecular weight is 285 g/mol. The zero-order valence-corrected chi connectivity index (χ0v) is 10.8. The van der Waals surface area contributed by atoms with Gasteiger partial charge in [-0.25, -0.2) is 0 Å². The fourth-order valence-corrected chi connectivity index (χ4v) is 4.58. The average Bonchev–Trinajstić information content (AvgIpc) is 2.90. The number of halogens is 1. The predicted octanol–water partition coefficient (Wildman–Crippen LogP) is 4.13. The van der Waals surface area contributed by atoms with Gasteiger partial charge in [0.1, 0.15) is 0 Å². The third kappa shape index (κ3) is 1.70. The smallest absolute Gasteiger partial charge is 0.176 e. The summed E-state index contributed by atoms with van der Waals surface area (Å²) in [6.45, 7) is 0. The SMILES string of the molecule is O=C(c1ccc(Br)s1)C1CC2CCC1C2. The number of carbonyl (C=O) groups excluding carboxylic acids is 1. The number of hydrogen-bond donors (Lipinski definition) is 0. The summed E-state index contributed by atoms with van der Waals surface area (Å²) in [6, 6.07) is 3.94. The van der Waals surface area contributed by atoms with Crippen molar-refractivity contribution in [1.29, 1.82) is 0 Å². The lowest BCUT2D eigenvalue weighted by molar-refractivity contribution is 0.0879. The van der Waals surface area contributed by atoms with Crippen molar-refractivity contribution in [3.8, 4) is 0 Å². The number of rotatable bonds is 2. The molecule has 0 radical (unpaired) electrons. The van der Waals surface area contributed by atoms with E-state index in [1.165, 1.54) is 19.3 Å². The van der Waals surface area contributed by atoms with Gasteiger partial charge in [0.2, 0.25) is 0 Å². The van der Waals surface area contributed by atoms with Gasteiger partial charge in [-0.3, -0.25) is 4.79 Å². The van der Waals surface area contributed by atoms with Gasteiger partial charge in [0, 0.05) is 5.92 Å². The highest BCUT2D eigenvalue weighted by molar-refractivity contribution is 9.11. The number of fused-ring (bicyclic) bond motifs is 2. The van der Waals surface area contributed by atoms with E-state index in [4.69, 9.17) is 0 Å². The molecule has 0 saturated heterocycles. The minimum Gasteiger partial charge on any atom is -0.293 e. The Labute approximate surface area is 102 Å². The lowest BCUT2D eigenvalue weighted by Gasteiger charge is -2.19. The van der Waals surface area contributed by atoms with Crippen LogP contribution < -0.4 is 0 Å². The van der Waals surface area contributed by atoms with Crippen LogP contribution in [0.1, 0.15) is 35.4 Å². The first-order chi connectivity index (χ1) is 7.24. The fourth-order valence-electron chi connectivity index (χ4n) is 3.20. The molecule has 1 nitrogen and oxygen atoms in total.